The van der Waals surface area contributed by atoms with Crippen molar-refractivity contribution >= 4 is 11.9 Å². The van der Waals surface area contributed by atoms with Gasteiger partial charge in [0.1, 0.15) is 0 Å². The monoisotopic (exact) mass is 184 g/mol. The van der Waals surface area contributed by atoms with Gasteiger partial charge in [-0.3, -0.25) is 9.79 Å². The van der Waals surface area contributed by atoms with Crippen molar-refractivity contribution in [1.82, 2.24) is 15.5 Å². The molecule has 2 N–H and O–H groups in total. The summed E-state index contributed by atoms with van der Waals surface area (Å²) in [6.07, 6.45) is 1.06. The third kappa shape index (κ3) is 3.31. The lowest BCUT2D eigenvalue weighted by atomic mass is 10.4. The van der Waals surface area contributed by atoms with Crippen LogP contribution in [-0.4, -0.2) is 50.5 Å². The summed E-state index contributed by atoms with van der Waals surface area (Å²) in [4.78, 5) is 16.9. The van der Waals surface area contributed by atoms with Crippen molar-refractivity contribution in [3.05, 3.63) is 0 Å². The number of carbonyl (C=O) groups is 1. The zero-order valence-corrected chi connectivity index (χ0v) is 8.13. The summed E-state index contributed by atoms with van der Waals surface area (Å²) in [5, 5.41) is 6.03. The SMILES string of the molecule is CN(C)C(=O)CNC1=NCCCN1. The minimum atomic E-state index is 0.0510. The summed E-state index contributed by atoms with van der Waals surface area (Å²) < 4.78 is 0. The van der Waals surface area contributed by atoms with Crippen LogP contribution >= 0.6 is 0 Å². The lowest BCUT2D eigenvalue weighted by molar-refractivity contribution is -0.127. The van der Waals surface area contributed by atoms with Crippen LogP contribution in [0.25, 0.3) is 0 Å². The Morgan fingerprint density at radius 2 is 2.46 bits per heavy atom. The fourth-order valence-electron chi connectivity index (χ4n) is 0.968. The maximum atomic E-state index is 11.2. The molecule has 0 aromatic heterocycles. The molecule has 1 rings (SSSR count). The summed E-state index contributed by atoms with van der Waals surface area (Å²) in [5.41, 5.74) is 0. The van der Waals surface area contributed by atoms with Crippen LogP contribution in [0.2, 0.25) is 0 Å². The van der Waals surface area contributed by atoms with Gasteiger partial charge in [-0.1, -0.05) is 0 Å². The van der Waals surface area contributed by atoms with Gasteiger partial charge in [-0.2, -0.15) is 0 Å². The van der Waals surface area contributed by atoms with Crippen LogP contribution in [0.4, 0.5) is 0 Å². The third-order valence-electron chi connectivity index (χ3n) is 1.80. The topological polar surface area (TPSA) is 56.7 Å². The van der Waals surface area contributed by atoms with Crippen molar-refractivity contribution < 1.29 is 4.79 Å². The highest BCUT2D eigenvalue weighted by Crippen LogP contribution is 1.86. The molecule has 1 aliphatic rings. The maximum Gasteiger partial charge on any atom is 0.241 e. The van der Waals surface area contributed by atoms with Gasteiger partial charge >= 0.3 is 0 Å². The van der Waals surface area contributed by atoms with E-state index >= 15 is 0 Å². The molecule has 0 aliphatic carbocycles. The second kappa shape index (κ2) is 4.69. The van der Waals surface area contributed by atoms with E-state index in [4.69, 9.17) is 0 Å². The summed E-state index contributed by atoms with van der Waals surface area (Å²) in [5.74, 6) is 0.788. The Morgan fingerprint density at radius 3 is 3.00 bits per heavy atom. The fourth-order valence-corrected chi connectivity index (χ4v) is 0.968. The van der Waals surface area contributed by atoms with E-state index < -0.39 is 0 Å². The largest absolute Gasteiger partial charge is 0.356 e. The third-order valence-corrected chi connectivity index (χ3v) is 1.80. The first kappa shape index (κ1) is 9.83. The predicted molar refractivity (Wildman–Crippen MR) is 51.6 cm³/mol. The minimum Gasteiger partial charge on any atom is -0.356 e. The van der Waals surface area contributed by atoms with Gasteiger partial charge in [-0.25, -0.2) is 0 Å². The first-order chi connectivity index (χ1) is 6.20. The summed E-state index contributed by atoms with van der Waals surface area (Å²) >= 11 is 0. The molecule has 5 nitrogen and oxygen atoms in total. The van der Waals surface area contributed by atoms with Crippen molar-refractivity contribution in [2.45, 2.75) is 6.42 Å². The van der Waals surface area contributed by atoms with Crippen LogP contribution in [0.15, 0.2) is 4.99 Å². The van der Waals surface area contributed by atoms with E-state index in [1.165, 1.54) is 0 Å². The van der Waals surface area contributed by atoms with Crippen molar-refractivity contribution in [2.75, 3.05) is 33.7 Å². The predicted octanol–water partition coefficient (Wildman–Crippen LogP) is -0.986. The number of rotatable bonds is 2. The van der Waals surface area contributed by atoms with Gasteiger partial charge in [0.2, 0.25) is 5.91 Å². The number of amides is 1. The van der Waals surface area contributed by atoms with E-state index in [0.717, 1.165) is 25.5 Å². The van der Waals surface area contributed by atoms with E-state index in [-0.39, 0.29) is 5.91 Å². The number of guanidine groups is 1. The van der Waals surface area contributed by atoms with E-state index in [0.29, 0.717) is 6.54 Å². The van der Waals surface area contributed by atoms with Crippen LogP contribution < -0.4 is 10.6 Å². The molecule has 0 aromatic rings. The van der Waals surface area contributed by atoms with Crippen molar-refractivity contribution in [1.29, 1.82) is 0 Å². The Balaban J connectivity index is 2.25. The molecule has 0 saturated heterocycles. The highest BCUT2D eigenvalue weighted by atomic mass is 16.2. The van der Waals surface area contributed by atoms with Gasteiger partial charge in [0.25, 0.3) is 0 Å². The van der Waals surface area contributed by atoms with Gasteiger partial charge < -0.3 is 15.5 Å². The van der Waals surface area contributed by atoms with Crippen molar-refractivity contribution in [3.63, 3.8) is 0 Å². The first-order valence-electron chi connectivity index (χ1n) is 4.42. The van der Waals surface area contributed by atoms with Gasteiger partial charge in [-0.15, -0.1) is 0 Å². The van der Waals surface area contributed by atoms with Crippen LogP contribution in [0.3, 0.4) is 0 Å². The molecule has 1 amide bonds. The summed E-state index contributed by atoms with van der Waals surface area (Å²) in [6.45, 7) is 2.08. The number of likely N-dealkylation sites (N-methyl/N-ethyl adjacent to an activating group) is 1. The number of nitrogens with one attached hydrogen (secondary N) is 2. The number of carbonyl (C=O) groups excluding carboxylic acids is 1. The Hall–Kier alpha value is -1.26. The molecule has 0 atom stereocenters. The van der Waals surface area contributed by atoms with Gasteiger partial charge in [0.05, 0.1) is 6.54 Å². The Labute approximate surface area is 78.2 Å². The molecule has 0 bridgehead atoms. The van der Waals surface area contributed by atoms with E-state index in [9.17, 15) is 4.79 Å². The molecule has 1 heterocycles. The Morgan fingerprint density at radius 1 is 1.69 bits per heavy atom. The minimum absolute atomic E-state index is 0.0510. The normalized spacial score (nSPS) is 15.7. The number of hydrogen-bond donors (Lipinski definition) is 2. The quantitative estimate of drug-likeness (QED) is 0.579. The summed E-state index contributed by atoms with van der Waals surface area (Å²) in [7, 11) is 3.47. The second-order valence-electron chi connectivity index (χ2n) is 3.15. The molecule has 74 valence electrons. The number of nitrogens with zero attached hydrogens (tertiary/aromatic N) is 2. The zero-order chi connectivity index (χ0) is 9.68. The standard InChI is InChI=1S/C8H16N4O/c1-12(2)7(13)6-11-8-9-4-3-5-10-8/h3-6H2,1-2H3,(H2,9,10,11). The lowest BCUT2D eigenvalue weighted by Gasteiger charge is -2.17. The molecule has 13 heavy (non-hydrogen) atoms. The molecular formula is C8H16N4O. The van der Waals surface area contributed by atoms with Gasteiger partial charge in [0.15, 0.2) is 5.96 Å². The van der Waals surface area contributed by atoms with Crippen LogP contribution in [0.5, 0.6) is 0 Å². The van der Waals surface area contributed by atoms with Gasteiger partial charge in [0, 0.05) is 27.2 Å². The van der Waals surface area contributed by atoms with Crippen molar-refractivity contribution in [2.24, 2.45) is 4.99 Å². The Kier molecular flexibility index (Phi) is 3.54. The van der Waals surface area contributed by atoms with Crippen molar-refractivity contribution in [3.8, 4) is 0 Å². The molecule has 0 fully saturated rings. The summed E-state index contributed by atoms with van der Waals surface area (Å²) in [6, 6.07) is 0. The second-order valence-corrected chi connectivity index (χ2v) is 3.15. The van der Waals surface area contributed by atoms with Crippen LogP contribution in [0.1, 0.15) is 6.42 Å². The molecular weight excluding hydrogens is 168 g/mol. The molecule has 0 saturated carbocycles. The van der Waals surface area contributed by atoms with E-state index in [1.54, 1.807) is 19.0 Å². The molecule has 0 unspecified atom stereocenters. The smallest absolute Gasteiger partial charge is 0.241 e. The Bertz CT molecular complexity index is 212. The molecule has 0 radical (unpaired) electrons. The number of aliphatic imine (C=N–C) groups is 1. The molecule has 0 aromatic carbocycles. The fraction of sp³-hybridized carbons (Fsp3) is 0.750. The average Bonchev–Trinajstić information content (AvgIpc) is 2.15. The van der Waals surface area contributed by atoms with Crippen LogP contribution in [-0.2, 0) is 4.79 Å². The van der Waals surface area contributed by atoms with Crippen LogP contribution in [0, 0.1) is 0 Å². The molecule has 5 heteroatoms. The molecule has 1 aliphatic heterocycles. The molecule has 0 spiro atoms. The number of hydrogen-bond acceptors (Lipinski definition) is 4. The highest BCUT2D eigenvalue weighted by molar-refractivity contribution is 5.86. The first-order valence-corrected chi connectivity index (χ1v) is 4.42. The maximum absolute atomic E-state index is 11.2. The zero-order valence-electron chi connectivity index (χ0n) is 8.13. The average molecular weight is 184 g/mol. The van der Waals surface area contributed by atoms with E-state index in [2.05, 4.69) is 15.6 Å². The highest BCUT2D eigenvalue weighted by Gasteiger charge is 2.06. The van der Waals surface area contributed by atoms with E-state index in [1.807, 2.05) is 0 Å². The lowest BCUT2D eigenvalue weighted by Crippen LogP contribution is -2.44. The van der Waals surface area contributed by atoms with Gasteiger partial charge in [-0.05, 0) is 6.42 Å².